The van der Waals surface area contributed by atoms with Gasteiger partial charge in [0.15, 0.2) is 0 Å². The Bertz CT molecular complexity index is 1540. The van der Waals surface area contributed by atoms with Gasteiger partial charge in [0, 0.05) is 57.7 Å². The molecule has 0 saturated carbocycles. The highest BCUT2D eigenvalue weighted by Crippen LogP contribution is 2.28. The average Bonchev–Trinajstić information content (AvgIpc) is 3.55. The minimum Gasteiger partial charge on any atom is -0.353 e. The Morgan fingerprint density at radius 2 is 1.81 bits per heavy atom. The summed E-state index contributed by atoms with van der Waals surface area (Å²) < 4.78 is 3.58. The molecule has 10 nitrogen and oxygen atoms in total. The number of nitriles is 1. The summed E-state index contributed by atoms with van der Waals surface area (Å²) in [7, 11) is 1.88. The van der Waals surface area contributed by atoms with Crippen molar-refractivity contribution < 1.29 is 0 Å². The molecular formula is C26H24N10. The highest BCUT2D eigenvalue weighted by molar-refractivity contribution is 5.74. The standard InChI is InChI=1S/C26H24N10/c1-33-17-20(13-32-33)19-10-24(36-22(12-27)14-30-25(36)11-19)23-15-31-26(16-29-23)35-8-6-34(7-9-35)18-21-4-2-3-5-28-21/h2-5,10-11,13-17H,6-9,18H2,1H3. The van der Waals surface area contributed by atoms with Crippen LogP contribution in [-0.4, -0.2) is 65.2 Å². The largest absolute Gasteiger partial charge is 0.353 e. The van der Waals surface area contributed by atoms with Gasteiger partial charge in [-0.2, -0.15) is 10.4 Å². The molecule has 0 N–H and O–H groups in total. The second kappa shape index (κ2) is 9.20. The maximum Gasteiger partial charge on any atom is 0.147 e. The molecule has 36 heavy (non-hydrogen) atoms. The number of aryl methyl sites for hydroxylation is 1. The van der Waals surface area contributed by atoms with Crippen molar-refractivity contribution in [2.24, 2.45) is 7.05 Å². The van der Waals surface area contributed by atoms with E-state index < -0.39 is 0 Å². The van der Waals surface area contributed by atoms with E-state index in [1.54, 1.807) is 17.1 Å². The lowest BCUT2D eigenvalue weighted by molar-refractivity contribution is 0.246. The topological polar surface area (TPSA) is 104 Å². The third-order valence-corrected chi connectivity index (χ3v) is 6.47. The number of fused-ring (bicyclic) bond motifs is 1. The van der Waals surface area contributed by atoms with Crippen LogP contribution in [-0.2, 0) is 13.6 Å². The number of hydrogen-bond acceptors (Lipinski definition) is 8. The zero-order chi connectivity index (χ0) is 24.5. The molecule has 6 rings (SSSR count). The van der Waals surface area contributed by atoms with E-state index in [-0.39, 0.29) is 0 Å². The lowest BCUT2D eigenvalue weighted by Gasteiger charge is -2.35. The van der Waals surface area contributed by atoms with Crippen LogP contribution in [0.4, 0.5) is 5.82 Å². The van der Waals surface area contributed by atoms with E-state index in [1.807, 2.05) is 60.5 Å². The van der Waals surface area contributed by atoms with Crippen molar-refractivity contribution in [1.29, 1.82) is 5.26 Å². The van der Waals surface area contributed by atoms with Gasteiger partial charge < -0.3 is 4.90 Å². The Balaban J connectivity index is 1.25. The maximum atomic E-state index is 9.64. The number of piperazine rings is 1. The molecule has 0 amide bonds. The number of rotatable bonds is 5. The van der Waals surface area contributed by atoms with Crippen molar-refractivity contribution in [1.82, 2.24) is 39.0 Å². The molecule has 5 aromatic rings. The molecule has 1 fully saturated rings. The van der Waals surface area contributed by atoms with Crippen molar-refractivity contribution in [3.8, 4) is 28.6 Å². The van der Waals surface area contributed by atoms with Crippen LogP contribution < -0.4 is 4.90 Å². The molecule has 1 saturated heterocycles. The van der Waals surface area contributed by atoms with Crippen LogP contribution in [0.25, 0.3) is 28.2 Å². The first-order chi connectivity index (χ1) is 17.7. The van der Waals surface area contributed by atoms with Gasteiger partial charge in [-0.1, -0.05) is 6.07 Å². The molecule has 178 valence electrons. The van der Waals surface area contributed by atoms with Gasteiger partial charge in [0.05, 0.1) is 36.2 Å². The monoisotopic (exact) mass is 476 g/mol. The first-order valence-electron chi connectivity index (χ1n) is 11.8. The Morgan fingerprint density at radius 3 is 2.50 bits per heavy atom. The van der Waals surface area contributed by atoms with E-state index in [0.717, 1.165) is 61.1 Å². The van der Waals surface area contributed by atoms with E-state index in [1.165, 1.54) is 0 Å². The van der Waals surface area contributed by atoms with Gasteiger partial charge in [-0.05, 0) is 29.8 Å². The lowest BCUT2D eigenvalue weighted by atomic mass is 10.1. The van der Waals surface area contributed by atoms with Gasteiger partial charge in [-0.15, -0.1) is 0 Å². The van der Waals surface area contributed by atoms with Gasteiger partial charge in [0.25, 0.3) is 0 Å². The molecule has 1 aliphatic rings. The Labute approximate surface area is 208 Å². The van der Waals surface area contributed by atoms with Crippen molar-refractivity contribution in [3.05, 3.63) is 78.9 Å². The minimum absolute atomic E-state index is 0.452. The van der Waals surface area contributed by atoms with Crippen LogP contribution >= 0.6 is 0 Å². The molecule has 6 heterocycles. The van der Waals surface area contributed by atoms with E-state index in [2.05, 4.69) is 37.0 Å². The average molecular weight is 477 g/mol. The molecule has 5 aromatic heterocycles. The Morgan fingerprint density at radius 1 is 0.917 bits per heavy atom. The smallest absolute Gasteiger partial charge is 0.147 e. The summed E-state index contributed by atoms with van der Waals surface area (Å²) in [5.74, 6) is 0.849. The highest BCUT2D eigenvalue weighted by atomic mass is 15.3. The number of nitrogens with zero attached hydrogens (tertiary/aromatic N) is 10. The summed E-state index contributed by atoms with van der Waals surface area (Å²) in [4.78, 5) is 23.0. The molecule has 0 aliphatic carbocycles. The van der Waals surface area contributed by atoms with Crippen LogP contribution in [0.5, 0.6) is 0 Å². The Hall–Kier alpha value is -4.62. The SMILES string of the molecule is Cn1cc(-c2cc(-c3cnc(N4CCN(Cc5ccccn5)CC4)cn3)n3c(C#N)cnc3c2)cn1. The number of hydrogen-bond donors (Lipinski definition) is 0. The molecule has 0 aromatic carbocycles. The van der Waals surface area contributed by atoms with Gasteiger partial charge in [-0.3, -0.25) is 19.0 Å². The van der Waals surface area contributed by atoms with Crippen LogP contribution in [0.15, 0.2) is 67.5 Å². The predicted molar refractivity (Wildman–Crippen MR) is 135 cm³/mol. The number of imidazole rings is 1. The summed E-state index contributed by atoms with van der Waals surface area (Å²) in [5, 5.41) is 13.9. The van der Waals surface area contributed by atoms with Crippen LogP contribution in [0.1, 0.15) is 11.4 Å². The molecule has 10 heteroatoms. The second-order valence-corrected chi connectivity index (χ2v) is 8.82. The third-order valence-electron chi connectivity index (χ3n) is 6.47. The lowest BCUT2D eigenvalue weighted by Crippen LogP contribution is -2.46. The second-order valence-electron chi connectivity index (χ2n) is 8.82. The van der Waals surface area contributed by atoms with E-state index in [4.69, 9.17) is 9.97 Å². The van der Waals surface area contributed by atoms with Crippen LogP contribution in [0, 0.1) is 11.3 Å². The van der Waals surface area contributed by atoms with Crippen molar-refractivity contribution in [3.63, 3.8) is 0 Å². The summed E-state index contributed by atoms with van der Waals surface area (Å²) in [5.41, 5.74) is 5.58. The van der Waals surface area contributed by atoms with Gasteiger partial charge in [-0.25, -0.2) is 15.0 Å². The van der Waals surface area contributed by atoms with Crippen molar-refractivity contribution in [2.75, 3.05) is 31.1 Å². The quantitative estimate of drug-likeness (QED) is 0.381. The molecule has 0 atom stereocenters. The van der Waals surface area contributed by atoms with Gasteiger partial charge >= 0.3 is 0 Å². The molecular weight excluding hydrogens is 452 g/mol. The van der Waals surface area contributed by atoms with Crippen molar-refractivity contribution in [2.45, 2.75) is 6.54 Å². The minimum atomic E-state index is 0.452. The molecule has 0 unspecified atom stereocenters. The summed E-state index contributed by atoms with van der Waals surface area (Å²) in [6.45, 7) is 4.49. The fraction of sp³-hybridized carbons (Fsp3) is 0.231. The van der Waals surface area contributed by atoms with E-state index >= 15 is 0 Å². The summed E-state index contributed by atoms with van der Waals surface area (Å²) in [6, 6.07) is 12.2. The van der Waals surface area contributed by atoms with Gasteiger partial charge in [0.1, 0.15) is 28.9 Å². The summed E-state index contributed by atoms with van der Waals surface area (Å²) >= 11 is 0. The molecule has 0 spiro atoms. The van der Waals surface area contributed by atoms with Crippen LogP contribution in [0.2, 0.25) is 0 Å². The maximum absolute atomic E-state index is 9.64. The first kappa shape index (κ1) is 21.9. The van der Waals surface area contributed by atoms with Crippen molar-refractivity contribution >= 4 is 11.5 Å². The molecule has 1 aliphatic heterocycles. The number of pyridine rings is 2. The zero-order valence-corrected chi connectivity index (χ0v) is 19.9. The Kier molecular flexibility index (Phi) is 5.59. The summed E-state index contributed by atoms with van der Waals surface area (Å²) in [6.07, 6.45) is 10.8. The van der Waals surface area contributed by atoms with E-state index in [0.29, 0.717) is 17.0 Å². The predicted octanol–water partition coefficient (Wildman–Crippen LogP) is 2.78. The third kappa shape index (κ3) is 4.16. The molecule has 0 bridgehead atoms. The normalized spacial score (nSPS) is 14.3. The molecule has 0 radical (unpaired) electrons. The fourth-order valence-electron chi connectivity index (χ4n) is 4.59. The fourth-order valence-corrected chi connectivity index (χ4v) is 4.59. The zero-order valence-electron chi connectivity index (χ0n) is 19.9. The van der Waals surface area contributed by atoms with E-state index in [9.17, 15) is 5.26 Å². The first-order valence-corrected chi connectivity index (χ1v) is 11.8. The van der Waals surface area contributed by atoms with Crippen LogP contribution in [0.3, 0.4) is 0 Å². The highest BCUT2D eigenvalue weighted by Gasteiger charge is 2.20. The number of anilines is 1. The number of aromatic nitrogens is 7. The van der Waals surface area contributed by atoms with Gasteiger partial charge in [0.2, 0.25) is 0 Å².